The van der Waals surface area contributed by atoms with Crippen LogP contribution < -0.4 is 4.74 Å². The molecule has 0 bridgehead atoms. The molecule has 2 aromatic carbocycles. The van der Waals surface area contributed by atoms with Gasteiger partial charge in [-0.25, -0.2) is 14.4 Å². The highest BCUT2D eigenvalue weighted by Crippen LogP contribution is 2.30. The number of aromatic nitrogens is 1. The van der Waals surface area contributed by atoms with E-state index in [4.69, 9.17) is 4.74 Å². The Hall–Kier alpha value is -2.27. The van der Waals surface area contributed by atoms with Crippen LogP contribution in [0.5, 0.6) is 5.75 Å². The average molecular weight is 286 g/mol. The third-order valence-corrected chi connectivity index (χ3v) is 3.72. The largest absolute Gasteiger partial charge is 0.497 e. The van der Waals surface area contributed by atoms with Gasteiger partial charge in [0.25, 0.3) is 0 Å². The topological polar surface area (TPSA) is 34.5 Å². The molecule has 3 rings (SSSR count). The van der Waals surface area contributed by atoms with Gasteiger partial charge in [0, 0.05) is 12.3 Å². The fourth-order valence-electron chi connectivity index (χ4n) is 1.76. The van der Waals surface area contributed by atoms with E-state index in [0.717, 1.165) is 21.5 Å². The molecule has 0 atom stereocenters. The van der Waals surface area contributed by atoms with E-state index < -0.39 is 0 Å². The number of ether oxygens (including phenoxy) is 1. The second-order valence-corrected chi connectivity index (χ2v) is 5.15. The highest BCUT2D eigenvalue weighted by Gasteiger charge is 2.03. The molecule has 0 N–H and O–H groups in total. The average Bonchev–Trinajstić information content (AvgIpc) is 2.88. The summed E-state index contributed by atoms with van der Waals surface area (Å²) >= 11 is 1.50. The maximum Gasteiger partial charge on any atom is 0.210 e. The lowest BCUT2D eigenvalue weighted by Crippen LogP contribution is -1.81. The molecule has 0 saturated carbocycles. The molecule has 100 valence electrons. The van der Waals surface area contributed by atoms with Crippen molar-refractivity contribution in [3.05, 3.63) is 53.8 Å². The lowest BCUT2D eigenvalue weighted by atomic mass is 10.2. The van der Waals surface area contributed by atoms with Gasteiger partial charge in [-0.3, -0.25) is 0 Å². The van der Waals surface area contributed by atoms with Gasteiger partial charge in [0.2, 0.25) is 5.13 Å². The van der Waals surface area contributed by atoms with Crippen molar-refractivity contribution in [3.63, 3.8) is 0 Å². The van der Waals surface area contributed by atoms with Gasteiger partial charge in [0.05, 0.1) is 17.3 Å². The number of benzene rings is 2. The van der Waals surface area contributed by atoms with Crippen LogP contribution in [0.2, 0.25) is 0 Å². The van der Waals surface area contributed by atoms with Crippen LogP contribution in [-0.4, -0.2) is 18.3 Å². The molecule has 5 heteroatoms. The van der Waals surface area contributed by atoms with Crippen LogP contribution in [0.25, 0.3) is 10.2 Å². The smallest absolute Gasteiger partial charge is 0.210 e. The summed E-state index contributed by atoms with van der Waals surface area (Å²) in [5.41, 5.74) is 1.70. The molecule has 0 radical (unpaired) electrons. The number of hydrogen-bond acceptors (Lipinski definition) is 4. The number of hydrogen-bond donors (Lipinski definition) is 0. The van der Waals surface area contributed by atoms with Gasteiger partial charge in [-0.05, 0) is 29.8 Å². The molecule has 0 aliphatic carbocycles. The fourth-order valence-corrected chi connectivity index (χ4v) is 2.55. The maximum absolute atomic E-state index is 12.8. The van der Waals surface area contributed by atoms with Crippen LogP contribution in [0.4, 0.5) is 9.52 Å². The molecular formula is C15H11FN2OS. The quantitative estimate of drug-likeness (QED) is 0.676. The number of rotatable bonds is 3. The second kappa shape index (κ2) is 5.38. The van der Waals surface area contributed by atoms with Gasteiger partial charge in [0.15, 0.2) is 0 Å². The minimum Gasteiger partial charge on any atom is -0.497 e. The van der Waals surface area contributed by atoms with Gasteiger partial charge in [0.1, 0.15) is 11.6 Å². The fraction of sp³-hybridized carbons (Fsp3) is 0.0667. The summed E-state index contributed by atoms with van der Waals surface area (Å²) in [5.74, 6) is 0.520. The number of nitrogens with zero attached hydrogens (tertiary/aromatic N) is 2. The van der Waals surface area contributed by atoms with Crippen molar-refractivity contribution in [2.24, 2.45) is 4.99 Å². The first kappa shape index (κ1) is 12.7. The first-order valence-electron chi connectivity index (χ1n) is 5.99. The van der Waals surface area contributed by atoms with Crippen molar-refractivity contribution in [1.82, 2.24) is 4.98 Å². The summed E-state index contributed by atoms with van der Waals surface area (Å²) in [6, 6.07) is 11.9. The van der Waals surface area contributed by atoms with E-state index in [0.29, 0.717) is 5.13 Å². The predicted molar refractivity (Wildman–Crippen MR) is 79.8 cm³/mol. The van der Waals surface area contributed by atoms with Crippen molar-refractivity contribution in [2.45, 2.75) is 0 Å². The number of thiazole rings is 1. The zero-order valence-corrected chi connectivity index (χ0v) is 11.5. The monoisotopic (exact) mass is 286 g/mol. The van der Waals surface area contributed by atoms with Crippen LogP contribution in [0.1, 0.15) is 5.56 Å². The molecule has 0 saturated heterocycles. The van der Waals surface area contributed by atoms with E-state index in [1.165, 1.54) is 23.5 Å². The lowest BCUT2D eigenvalue weighted by Gasteiger charge is -1.96. The van der Waals surface area contributed by atoms with Gasteiger partial charge in [-0.15, -0.1) is 0 Å². The molecule has 1 aromatic heterocycles. The highest BCUT2D eigenvalue weighted by atomic mass is 32.1. The summed E-state index contributed by atoms with van der Waals surface area (Å²) in [6.45, 7) is 0. The third kappa shape index (κ3) is 2.67. The molecule has 0 amide bonds. The summed E-state index contributed by atoms with van der Waals surface area (Å²) < 4.78 is 19.0. The second-order valence-electron chi connectivity index (χ2n) is 4.14. The summed E-state index contributed by atoms with van der Waals surface area (Å²) in [5, 5.41) is 0.664. The standard InChI is InChI=1S/C15H11FN2OS/c1-19-12-6-7-14-13(8-12)18-15(20-14)17-9-10-2-4-11(16)5-3-10/h2-9H,1H3/b17-9+. The SMILES string of the molecule is COc1ccc2sc(/N=C/c3ccc(F)cc3)nc2c1. The molecular weight excluding hydrogens is 275 g/mol. The normalized spacial score (nSPS) is 11.3. The van der Waals surface area contributed by atoms with Crippen LogP contribution in [0, 0.1) is 5.82 Å². The first-order valence-corrected chi connectivity index (χ1v) is 6.80. The van der Waals surface area contributed by atoms with Gasteiger partial charge in [-0.1, -0.05) is 23.5 Å². The zero-order valence-electron chi connectivity index (χ0n) is 10.7. The van der Waals surface area contributed by atoms with E-state index >= 15 is 0 Å². The lowest BCUT2D eigenvalue weighted by molar-refractivity contribution is 0.415. The van der Waals surface area contributed by atoms with Crippen molar-refractivity contribution in [1.29, 1.82) is 0 Å². The molecule has 0 spiro atoms. The summed E-state index contributed by atoms with van der Waals surface area (Å²) in [4.78, 5) is 8.74. The Balaban J connectivity index is 1.88. The summed E-state index contributed by atoms with van der Waals surface area (Å²) in [6.07, 6.45) is 1.67. The van der Waals surface area contributed by atoms with Gasteiger partial charge >= 0.3 is 0 Å². The zero-order chi connectivity index (χ0) is 13.9. The third-order valence-electron chi connectivity index (χ3n) is 2.78. The van der Waals surface area contributed by atoms with Crippen molar-refractivity contribution >= 4 is 32.9 Å². The molecule has 0 aliphatic rings. The highest BCUT2D eigenvalue weighted by molar-refractivity contribution is 7.22. The number of fused-ring (bicyclic) bond motifs is 1. The molecule has 0 aliphatic heterocycles. The number of halogens is 1. The van der Waals surface area contributed by atoms with Crippen LogP contribution in [0.3, 0.4) is 0 Å². The Kier molecular flexibility index (Phi) is 3.43. The van der Waals surface area contributed by atoms with Crippen LogP contribution in [-0.2, 0) is 0 Å². The maximum atomic E-state index is 12.8. The van der Waals surface area contributed by atoms with E-state index in [9.17, 15) is 4.39 Å². The molecule has 0 unspecified atom stereocenters. The Morgan fingerprint density at radius 2 is 2.00 bits per heavy atom. The Labute approximate surface area is 119 Å². The van der Waals surface area contributed by atoms with E-state index in [1.54, 1.807) is 25.5 Å². The molecule has 3 nitrogen and oxygen atoms in total. The first-order chi connectivity index (χ1) is 9.74. The molecule has 1 heterocycles. The molecule has 20 heavy (non-hydrogen) atoms. The van der Waals surface area contributed by atoms with Crippen LogP contribution >= 0.6 is 11.3 Å². The Morgan fingerprint density at radius 3 is 2.75 bits per heavy atom. The van der Waals surface area contributed by atoms with Crippen molar-refractivity contribution < 1.29 is 9.13 Å². The predicted octanol–water partition coefficient (Wildman–Crippen LogP) is 4.19. The number of aliphatic imine (C=N–C) groups is 1. The minimum atomic E-state index is -0.255. The van der Waals surface area contributed by atoms with E-state index in [2.05, 4.69) is 9.98 Å². The summed E-state index contributed by atoms with van der Waals surface area (Å²) in [7, 11) is 1.63. The molecule has 3 aromatic rings. The van der Waals surface area contributed by atoms with Crippen molar-refractivity contribution in [2.75, 3.05) is 7.11 Å². The number of methoxy groups -OCH3 is 1. The van der Waals surface area contributed by atoms with Gasteiger partial charge < -0.3 is 4.74 Å². The van der Waals surface area contributed by atoms with E-state index in [-0.39, 0.29) is 5.82 Å². The van der Waals surface area contributed by atoms with E-state index in [1.807, 2.05) is 18.2 Å². The van der Waals surface area contributed by atoms with Crippen molar-refractivity contribution in [3.8, 4) is 5.75 Å². The Bertz CT molecular complexity index is 765. The Morgan fingerprint density at radius 1 is 1.20 bits per heavy atom. The van der Waals surface area contributed by atoms with Gasteiger partial charge in [-0.2, -0.15) is 0 Å². The van der Waals surface area contributed by atoms with Crippen LogP contribution in [0.15, 0.2) is 47.5 Å². The minimum absolute atomic E-state index is 0.255. The molecule has 0 fully saturated rings.